The second-order valence-electron chi connectivity index (χ2n) is 5.21. The van der Waals surface area contributed by atoms with Gasteiger partial charge < -0.3 is 10.4 Å². The third kappa shape index (κ3) is 5.12. The summed E-state index contributed by atoms with van der Waals surface area (Å²) in [4.78, 5) is 0. The molecular formula is C17H19ClFNO. The van der Waals surface area contributed by atoms with E-state index in [-0.39, 0.29) is 11.9 Å². The van der Waals surface area contributed by atoms with E-state index in [0.29, 0.717) is 11.6 Å². The SMILES string of the molecule is CC(Cc1ccc(F)cc1)NCC(O)c1ccc(Cl)cc1. The Balaban J connectivity index is 1.81. The van der Waals surface area contributed by atoms with E-state index in [1.165, 1.54) is 12.1 Å². The molecule has 2 rings (SSSR count). The zero-order valence-electron chi connectivity index (χ0n) is 11.9. The maximum absolute atomic E-state index is 12.8. The van der Waals surface area contributed by atoms with E-state index in [1.807, 2.05) is 19.1 Å². The highest BCUT2D eigenvalue weighted by molar-refractivity contribution is 6.30. The maximum atomic E-state index is 12.8. The van der Waals surface area contributed by atoms with Crippen molar-refractivity contribution < 1.29 is 9.50 Å². The Hall–Kier alpha value is -1.42. The van der Waals surface area contributed by atoms with Crippen molar-refractivity contribution in [2.24, 2.45) is 0 Å². The van der Waals surface area contributed by atoms with Crippen LogP contribution in [0.5, 0.6) is 0 Å². The molecule has 4 heteroatoms. The maximum Gasteiger partial charge on any atom is 0.123 e. The predicted molar refractivity (Wildman–Crippen MR) is 84.0 cm³/mol. The molecule has 0 aromatic heterocycles. The van der Waals surface area contributed by atoms with Crippen molar-refractivity contribution in [2.45, 2.75) is 25.5 Å². The lowest BCUT2D eigenvalue weighted by atomic mass is 10.1. The van der Waals surface area contributed by atoms with Gasteiger partial charge in [0, 0.05) is 17.6 Å². The second kappa shape index (κ2) is 7.55. The van der Waals surface area contributed by atoms with E-state index in [0.717, 1.165) is 17.5 Å². The third-order valence-corrected chi connectivity index (χ3v) is 3.62. The number of aliphatic hydroxyl groups excluding tert-OH is 1. The van der Waals surface area contributed by atoms with Gasteiger partial charge in [0.15, 0.2) is 0 Å². The van der Waals surface area contributed by atoms with Gasteiger partial charge in [0.25, 0.3) is 0 Å². The predicted octanol–water partition coefficient (Wildman–Crippen LogP) is 3.73. The number of halogens is 2. The van der Waals surface area contributed by atoms with E-state index >= 15 is 0 Å². The van der Waals surface area contributed by atoms with Crippen molar-refractivity contribution in [3.8, 4) is 0 Å². The van der Waals surface area contributed by atoms with Crippen LogP contribution in [0.4, 0.5) is 4.39 Å². The first-order chi connectivity index (χ1) is 10.0. The lowest BCUT2D eigenvalue weighted by Crippen LogP contribution is -2.32. The number of hydrogen-bond acceptors (Lipinski definition) is 2. The highest BCUT2D eigenvalue weighted by atomic mass is 35.5. The fourth-order valence-electron chi connectivity index (χ4n) is 2.16. The molecular weight excluding hydrogens is 289 g/mol. The van der Waals surface area contributed by atoms with E-state index in [4.69, 9.17) is 11.6 Å². The smallest absolute Gasteiger partial charge is 0.123 e. The van der Waals surface area contributed by atoms with Crippen LogP contribution in [0.2, 0.25) is 5.02 Å². The standard InChI is InChI=1S/C17H19ClFNO/c1-12(10-13-2-8-16(19)9-3-13)20-11-17(21)14-4-6-15(18)7-5-14/h2-9,12,17,20-21H,10-11H2,1H3. The molecule has 0 aliphatic carbocycles. The van der Waals surface area contributed by atoms with Crippen LogP contribution in [-0.4, -0.2) is 17.7 Å². The molecule has 0 saturated heterocycles. The average Bonchev–Trinajstić information content (AvgIpc) is 2.48. The second-order valence-corrected chi connectivity index (χ2v) is 5.64. The van der Waals surface area contributed by atoms with Crippen molar-refractivity contribution >= 4 is 11.6 Å². The minimum atomic E-state index is -0.571. The molecule has 0 bridgehead atoms. The van der Waals surface area contributed by atoms with Crippen LogP contribution >= 0.6 is 11.6 Å². The van der Waals surface area contributed by atoms with Crippen LogP contribution in [0.1, 0.15) is 24.2 Å². The minimum Gasteiger partial charge on any atom is -0.387 e. The van der Waals surface area contributed by atoms with E-state index in [1.54, 1.807) is 24.3 Å². The highest BCUT2D eigenvalue weighted by Gasteiger charge is 2.10. The van der Waals surface area contributed by atoms with Gasteiger partial charge in [-0.15, -0.1) is 0 Å². The molecule has 0 spiro atoms. The van der Waals surface area contributed by atoms with Gasteiger partial charge >= 0.3 is 0 Å². The molecule has 21 heavy (non-hydrogen) atoms. The van der Waals surface area contributed by atoms with Crippen molar-refractivity contribution in [1.82, 2.24) is 5.32 Å². The molecule has 0 amide bonds. The van der Waals surface area contributed by atoms with Crippen molar-refractivity contribution in [2.75, 3.05) is 6.54 Å². The Morgan fingerprint density at radius 1 is 1.10 bits per heavy atom. The third-order valence-electron chi connectivity index (χ3n) is 3.37. The molecule has 0 fully saturated rings. The Morgan fingerprint density at radius 2 is 1.71 bits per heavy atom. The lowest BCUT2D eigenvalue weighted by Gasteiger charge is -2.17. The molecule has 0 saturated carbocycles. The van der Waals surface area contributed by atoms with Gasteiger partial charge in [-0.2, -0.15) is 0 Å². The van der Waals surface area contributed by atoms with Crippen molar-refractivity contribution in [3.05, 3.63) is 70.5 Å². The average molecular weight is 308 g/mol. The molecule has 0 heterocycles. The molecule has 2 atom stereocenters. The summed E-state index contributed by atoms with van der Waals surface area (Å²) in [6.45, 7) is 2.50. The van der Waals surface area contributed by atoms with Gasteiger partial charge in [-0.25, -0.2) is 4.39 Å². The molecule has 2 N–H and O–H groups in total. The number of nitrogens with one attached hydrogen (secondary N) is 1. The first kappa shape index (κ1) is 16.0. The largest absolute Gasteiger partial charge is 0.387 e. The first-order valence-corrected chi connectivity index (χ1v) is 7.34. The van der Waals surface area contributed by atoms with E-state index < -0.39 is 6.10 Å². The van der Waals surface area contributed by atoms with E-state index in [9.17, 15) is 9.50 Å². The summed E-state index contributed by atoms with van der Waals surface area (Å²) in [5.41, 5.74) is 1.90. The van der Waals surface area contributed by atoms with Crippen LogP contribution in [-0.2, 0) is 6.42 Å². The number of rotatable bonds is 6. The summed E-state index contributed by atoms with van der Waals surface area (Å²) in [5, 5.41) is 14.0. The summed E-state index contributed by atoms with van der Waals surface area (Å²) < 4.78 is 12.8. The van der Waals surface area contributed by atoms with Crippen LogP contribution in [0.15, 0.2) is 48.5 Å². The van der Waals surface area contributed by atoms with Gasteiger partial charge in [0.05, 0.1) is 6.10 Å². The van der Waals surface area contributed by atoms with E-state index in [2.05, 4.69) is 5.32 Å². The quantitative estimate of drug-likeness (QED) is 0.852. The van der Waals surface area contributed by atoms with Gasteiger partial charge in [0.2, 0.25) is 0 Å². The number of benzene rings is 2. The van der Waals surface area contributed by atoms with Gasteiger partial charge in [0.1, 0.15) is 5.82 Å². The molecule has 2 nitrogen and oxygen atoms in total. The number of hydrogen-bond donors (Lipinski definition) is 2. The lowest BCUT2D eigenvalue weighted by molar-refractivity contribution is 0.170. The Kier molecular flexibility index (Phi) is 5.74. The summed E-state index contributed by atoms with van der Waals surface area (Å²) >= 11 is 5.82. The van der Waals surface area contributed by atoms with Gasteiger partial charge in [-0.1, -0.05) is 35.9 Å². The van der Waals surface area contributed by atoms with Crippen molar-refractivity contribution in [3.63, 3.8) is 0 Å². The molecule has 0 aliphatic rings. The Morgan fingerprint density at radius 3 is 2.33 bits per heavy atom. The Bertz CT molecular complexity index is 556. The van der Waals surface area contributed by atoms with Crippen molar-refractivity contribution in [1.29, 1.82) is 0 Å². The zero-order valence-corrected chi connectivity index (χ0v) is 12.6. The summed E-state index contributed by atoms with van der Waals surface area (Å²) in [6, 6.07) is 13.8. The summed E-state index contributed by atoms with van der Waals surface area (Å²) in [7, 11) is 0. The highest BCUT2D eigenvalue weighted by Crippen LogP contribution is 2.16. The fourth-order valence-corrected chi connectivity index (χ4v) is 2.29. The summed E-state index contributed by atoms with van der Waals surface area (Å²) in [5.74, 6) is -0.225. The van der Waals surface area contributed by atoms with Gasteiger partial charge in [-0.3, -0.25) is 0 Å². The van der Waals surface area contributed by atoms with Crippen LogP contribution in [0.3, 0.4) is 0 Å². The van der Waals surface area contributed by atoms with Crippen LogP contribution < -0.4 is 5.32 Å². The number of aliphatic hydroxyl groups is 1. The molecule has 112 valence electrons. The monoisotopic (exact) mass is 307 g/mol. The normalized spacial score (nSPS) is 13.9. The molecule has 0 radical (unpaired) electrons. The summed E-state index contributed by atoms with van der Waals surface area (Å²) in [6.07, 6.45) is 0.214. The topological polar surface area (TPSA) is 32.3 Å². The molecule has 2 aromatic rings. The molecule has 0 aliphatic heterocycles. The van der Waals surface area contributed by atoms with Crippen LogP contribution in [0.25, 0.3) is 0 Å². The molecule has 2 aromatic carbocycles. The zero-order chi connectivity index (χ0) is 15.2. The van der Waals surface area contributed by atoms with Gasteiger partial charge in [-0.05, 0) is 48.7 Å². The molecule has 2 unspecified atom stereocenters. The van der Waals surface area contributed by atoms with Crippen LogP contribution in [0, 0.1) is 5.82 Å². The Labute approximate surface area is 129 Å². The fraction of sp³-hybridized carbons (Fsp3) is 0.294. The minimum absolute atomic E-state index is 0.192. The first-order valence-electron chi connectivity index (χ1n) is 6.96.